The highest BCUT2D eigenvalue weighted by atomic mass is 16.5. The van der Waals surface area contributed by atoms with Gasteiger partial charge in [0.15, 0.2) is 5.96 Å². The number of H-pyrrole nitrogens is 1. The molecule has 0 saturated carbocycles. The van der Waals surface area contributed by atoms with E-state index in [0.717, 1.165) is 47.5 Å². The molecule has 8 heteroatoms. The van der Waals surface area contributed by atoms with Gasteiger partial charge in [0, 0.05) is 45.6 Å². The Morgan fingerprint density at radius 2 is 2.27 bits per heavy atom. The van der Waals surface area contributed by atoms with E-state index in [1.807, 2.05) is 30.3 Å². The van der Waals surface area contributed by atoms with Gasteiger partial charge in [0.25, 0.3) is 0 Å². The summed E-state index contributed by atoms with van der Waals surface area (Å²) in [5.41, 5.74) is 12.5. The Hall–Kier alpha value is -3.39. The zero-order valence-corrected chi connectivity index (χ0v) is 17.4. The van der Waals surface area contributed by atoms with Gasteiger partial charge in [-0.2, -0.15) is 0 Å². The maximum atomic E-state index is 6.34. The summed E-state index contributed by atoms with van der Waals surface area (Å²) in [5.74, 6) is 0.469. The number of aliphatic imine (C=N–C) groups is 1. The molecule has 2 aromatic heterocycles. The van der Waals surface area contributed by atoms with Crippen LogP contribution in [0, 0.1) is 0 Å². The van der Waals surface area contributed by atoms with Gasteiger partial charge >= 0.3 is 0 Å². The molecule has 8 nitrogen and oxygen atoms in total. The van der Waals surface area contributed by atoms with Crippen molar-refractivity contribution in [2.45, 2.75) is 6.42 Å². The summed E-state index contributed by atoms with van der Waals surface area (Å²) in [6, 6.07) is 10.2. The van der Waals surface area contributed by atoms with Crippen LogP contribution in [0.25, 0.3) is 16.7 Å². The van der Waals surface area contributed by atoms with E-state index in [1.165, 1.54) is 5.57 Å². The van der Waals surface area contributed by atoms with Crippen LogP contribution in [0.1, 0.15) is 12.0 Å². The Morgan fingerprint density at radius 1 is 1.37 bits per heavy atom. The van der Waals surface area contributed by atoms with E-state index < -0.39 is 0 Å². The monoisotopic (exact) mass is 405 g/mol. The van der Waals surface area contributed by atoms with Crippen LogP contribution in [-0.4, -0.2) is 66.2 Å². The van der Waals surface area contributed by atoms with E-state index in [0.29, 0.717) is 19.1 Å². The van der Waals surface area contributed by atoms with Crippen molar-refractivity contribution >= 4 is 28.4 Å². The first kappa shape index (κ1) is 19.9. The van der Waals surface area contributed by atoms with Crippen LogP contribution < -0.4 is 10.6 Å². The Labute approximate surface area is 176 Å². The van der Waals surface area contributed by atoms with Crippen LogP contribution in [0.4, 0.5) is 5.69 Å². The summed E-state index contributed by atoms with van der Waals surface area (Å²) in [4.78, 5) is 20.9. The van der Waals surface area contributed by atoms with Crippen LogP contribution in [0.3, 0.4) is 0 Å². The molecule has 3 N–H and O–H groups in total. The SMILES string of the molecule is COCCN(C)/C(N)=N/C(=C1/CCN(c2cccnc2)C1)c1ccc2[nH]cnc2c1. The lowest BCUT2D eigenvalue weighted by Gasteiger charge is -2.19. The molecular formula is C22H27N7O. The molecule has 156 valence electrons. The summed E-state index contributed by atoms with van der Waals surface area (Å²) in [6.45, 7) is 2.98. The van der Waals surface area contributed by atoms with Crippen molar-refractivity contribution in [3.8, 4) is 0 Å². The van der Waals surface area contributed by atoms with Crippen LogP contribution in [0.5, 0.6) is 0 Å². The molecule has 0 radical (unpaired) electrons. The second kappa shape index (κ2) is 8.96. The molecule has 0 aliphatic carbocycles. The number of benzene rings is 1. The van der Waals surface area contributed by atoms with Gasteiger partial charge in [-0.15, -0.1) is 0 Å². The summed E-state index contributed by atoms with van der Waals surface area (Å²) in [6.07, 6.45) is 6.31. The van der Waals surface area contributed by atoms with Gasteiger partial charge < -0.3 is 25.3 Å². The van der Waals surface area contributed by atoms with Crippen molar-refractivity contribution in [3.05, 3.63) is 60.2 Å². The number of anilines is 1. The van der Waals surface area contributed by atoms with Gasteiger partial charge in [-0.05, 0) is 36.3 Å². The highest BCUT2D eigenvalue weighted by Gasteiger charge is 2.22. The first-order chi connectivity index (χ1) is 14.7. The Balaban J connectivity index is 1.71. The number of nitrogens with zero attached hydrogens (tertiary/aromatic N) is 5. The minimum Gasteiger partial charge on any atom is -0.383 e. The lowest BCUT2D eigenvalue weighted by Crippen LogP contribution is -2.36. The van der Waals surface area contributed by atoms with Crippen LogP contribution >= 0.6 is 0 Å². The number of guanidine groups is 1. The van der Waals surface area contributed by atoms with Crippen LogP contribution in [0.2, 0.25) is 0 Å². The lowest BCUT2D eigenvalue weighted by molar-refractivity contribution is 0.182. The zero-order valence-electron chi connectivity index (χ0n) is 17.4. The van der Waals surface area contributed by atoms with Gasteiger partial charge in [-0.25, -0.2) is 9.98 Å². The highest BCUT2D eigenvalue weighted by molar-refractivity contribution is 5.88. The second-order valence-electron chi connectivity index (χ2n) is 7.35. The number of hydrogen-bond donors (Lipinski definition) is 2. The quantitative estimate of drug-likeness (QED) is 0.483. The third kappa shape index (κ3) is 4.28. The third-order valence-electron chi connectivity index (χ3n) is 5.35. The first-order valence-electron chi connectivity index (χ1n) is 10.0. The van der Waals surface area contributed by atoms with Crippen molar-refractivity contribution in [1.29, 1.82) is 0 Å². The van der Waals surface area contributed by atoms with Gasteiger partial charge in [-0.3, -0.25) is 4.98 Å². The maximum absolute atomic E-state index is 6.34. The molecule has 0 spiro atoms. The number of pyridine rings is 1. The van der Waals surface area contributed by atoms with E-state index in [1.54, 1.807) is 19.6 Å². The summed E-state index contributed by atoms with van der Waals surface area (Å²) < 4.78 is 5.17. The van der Waals surface area contributed by atoms with Crippen molar-refractivity contribution in [2.24, 2.45) is 10.7 Å². The predicted molar refractivity (Wildman–Crippen MR) is 120 cm³/mol. The molecule has 30 heavy (non-hydrogen) atoms. The van der Waals surface area contributed by atoms with Crippen molar-refractivity contribution in [2.75, 3.05) is 45.3 Å². The minimum absolute atomic E-state index is 0.469. The number of imidazole rings is 1. The largest absolute Gasteiger partial charge is 0.383 e. The zero-order chi connectivity index (χ0) is 20.9. The fourth-order valence-corrected chi connectivity index (χ4v) is 3.58. The lowest BCUT2D eigenvalue weighted by atomic mass is 10.1. The number of nitrogens with one attached hydrogen (secondary N) is 1. The average molecular weight is 406 g/mol. The molecule has 1 aliphatic heterocycles. The smallest absolute Gasteiger partial charge is 0.196 e. The normalized spacial score (nSPS) is 16.3. The Bertz CT molecular complexity index is 1060. The Morgan fingerprint density at radius 3 is 3.07 bits per heavy atom. The second-order valence-corrected chi connectivity index (χ2v) is 7.35. The summed E-state index contributed by atoms with van der Waals surface area (Å²) in [7, 11) is 3.60. The molecule has 1 saturated heterocycles. The number of aromatic amines is 1. The molecular weight excluding hydrogens is 378 g/mol. The fourth-order valence-electron chi connectivity index (χ4n) is 3.58. The molecule has 1 aromatic carbocycles. The van der Waals surface area contributed by atoms with E-state index in [-0.39, 0.29) is 0 Å². The van der Waals surface area contributed by atoms with E-state index in [9.17, 15) is 0 Å². The maximum Gasteiger partial charge on any atom is 0.196 e. The van der Waals surface area contributed by atoms with E-state index in [4.69, 9.17) is 15.5 Å². The number of methoxy groups -OCH3 is 1. The number of likely N-dealkylation sites (N-methyl/N-ethyl adjacent to an activating group) is 1. The standard InChI is InChI=1S/C22H27N7O/c1-28(10-11-30-2)22(23)27-21(16-5-6-19-20(12-16)26-15-25-19)17-7-9-29(14-17)18-4-3-8-24-13-18/h3-6,8,12-13,15H,7,9-11,14H2,1-2H3,(H2,23,27)(H,25,26)/b21-17-. The number of nitrogens with two attached hydrogens (primary N) is 1. The van der Waals surface area contributed by atoms with E-state index >= 15 is 0 Å². The van der Waals surface area contributed by atoms with Crippen molar-refractivity contribution < 1.29 is 4.74 Å². The molecule has 1 aliphatic rings. The van der Waals surface area contributed by atoms with Crippen LogP contribution in [0.15, 0.2) is 59.6 Å². The average Bonchev–Trinajstić information content (AvgIpc) is 3.45. The molecule has 0 unspecified atom stereocenters. The third-order valence-corrected chi connectivity index (χ3v) is 5.35. The molecule has 3 aromatic rings. The number of hydrogen-bond acceptors (Lipinski definition) is 5. The first-order valence-corrected chi connectivity index (χ1v) is 10.0. The Kier molecular flexibility index (Phi) is 5.94. The summed E-state index contributed by atoms with van der Waals surface area (Å²) >= 11 is 0. The number of rotatable bonds is 6. The van der Waals surface area contributed by atoms with Crippen molar-refractivity contribution in [1.82, 2.24) is 19.9 Å². The number of fused-ring (bicyclic) bond motifs is 1. The number of aromatic nitrogens is 3. The molecule has 0 atom stereocenters. The minimum atomic E-state index is 0.469. The fraction of sp³-hybridized carbons (Fsp3) is 0.318. The molecule has 1 fully saturated rings. The van der Waals surface area contributed by atoms with E-state index in [2.05, 4.69) is 38.1 Å². The van der Waals surface area contributed by atoms with Crippen molar-refractivity contribution in [3.63, 3.8) is 0 Å². The van der Waals surface area contributed by atoms with Gasteiger partial charge in [0.2, 0.25) is 0 Å². The summed E-state index contributed by atoms with van der Waals surface area (Å²) in [5, 5.41) is 0. The molecule has 4 rings (SSSR count). The molecule has 0 bridgehead atoms. The predicted octanol–water partition coefficient (Wildman–Crippen LogP) is 2.47. The molecule has 3 heterocycles. The highest BCUT2D eigenvalue weighted by Crippen LogP contribution is 2.31. The van der Waals surface area contributed by atoms with Gasteiger partial charge in [-0.1, -0.05) is 6.07 Å². The number of ether oxygens (including phenoxy) is 1. The van der Waals surface area contributed by atoms with Crippen LogP contribution in [-0.2, 0) is 4.74 Å². The van der Waals surface area contributed by atoms with Gasteiger partial charge in [0.1, 0.15) is 0 Å². The molecule has 0 amide bonds. The topological polar surface area (TPSA) is 95.7 Å². The van der Waals surface area contributed by atoms with Gasteiger partial charge in [0.05, 0.1) is 41.5 Å².